The van der Waals surface area contributed by atoms with Crippen LogP contribution < -0.4 is 5.32 Å². The van der Waals surface area contributed by atoms with Crippen LogP contribution in [0.5, 0.6) is 0 Å². The maximum atomic E-state index is 3.62. The third-order valence-corrected chi connectivity index (χ3v) is 5.88. The Morgan fingerprint density at radius 3 is 2.67 bits per heavy atom. The van der Waals surface area contributed by atoms with Gasteiger partial charge in [-0.15, -0.1) is 0 Å². The number of nitrogens with zero attached hydrogens (tertiary/aromatic N) is 1. The number of thioether (sulfide) groups is 1. The van der Waals surface area contributed by atoms with E-state index in [1.54, 1.807) is 0 Å². The fourth-order valence-corrected chi connectivity index (χ4v) is 4.94. The summed E-state index contributed by atoms with van der Waals surface area (Å²) in [7, 11) is 0. The van der Waals surface area contributed by atoms with Crippen molar-refractivity contribution in [2.45, 2.75) is 76.3 Å². The van der Waals surface area contributed by atoms with Gasteiger partial charge in [0.2, 0.25) is 0 Å². The summed E-state index contributed by atoms with van der Waals surface area (Å²) in [6.07, 6.45) is 7.02. The molecule has 0 spiro atoms. The van der Waals surface area contributed by atoms with Gasteiger partial charge in [-0.05, 0) is 51.3 Å². The van der Waals surface area contributed by atoms with Crippen LogP contribution in [0.4, 0.5) is 0 Å². The highest BCUT2D eigenvalue weighted by Gasteiger charge is 2.34. The van der Waals surface area contributed by atoms with Gasteiger partial charge in [0.25, 0.3) is 0 Å². The molecule has 0 aromatic heterocycles. The molecular formula is C15H30N2S. The largest absolute Gasteiger partial charge is 0.314 e. The second-order valence-corrected chi connectivity index (χ2v) is 7.49. The van der Waals surface area contributed by atoms with Gasteiger partial charge in [0.15, 0.2) is 0 Å². The molecule has 2 aliphatic rings. The molecule has 1 N–H and O–H groups in total. The molecule has 1 saturated heterocycles. The van der Waals surface area contributed by atoms with E-state index in [0.29, 0.717) is 0 Å². The topological polar surface area (TPSA) is 15.3 Å². The Hall–Kier alpha value is 0.270. The average molecular weight is 270 g/mol. The zero-order chi connectivity index (χ0) is 13.0. The summed E-state index contributed by atoms with van der Waals surface area (Å²) in [5, 5.41) is 4.57. The molecule has 2 nitrogen and oxygen atoms in total. The third-order valence-electron chi connectivity index (χ3n) is 4.65. The van der Waals surface area contributed by atoms with E-state index in [1.165, 1.54) is 44.4 Å². The minimum absolute atomic E-state index is 0.767. The van der Waals surface area contributed by atoms with Crippen LogP contribution in [0.15, 0.2) is 0 Å². The summed E-state index contributed by atoms with van der Waals surface area (Å²) in [6, 6.07) is 2.42. The van der Waals surface area contributed by atoms with Crippen LogP contribution >= 0.6 is 11.8 Å². The molecule has 3 heteroatoms. The quantitative estimate of drug-likeness (QED) is 0.826. The highest BCUT2D eigenvalue weighted by atomic mass is 32.2. The Bertz CT molecular complexity index is 247. The lowest BCUT2D eigenvalue weighted by atomic mass is 9.96. The molecule has 4 unspecified atom stereocenters. The van der Waals surface area contributed by atoms with E-state index >= 15 is 0 Å². The zero-order valence-corrected chi connectivity index (χ0v) is 13.1. The van der Waals surface area contributed by atoms with Gasteiger partial charge >= 0.3 is 0 Å². The molecule has 0 aromatic carbocycles. The van der Waals surface area contributed by atoms with E-state index < -0.39 is 0 Å². The molecule has 0 radical (unpaired) electrons. The van der Waals surface area contributed by atoms with Gasteiger partial charge < -0.3 is 5.32 Å². The van der Waals surface area contributed by atoms with Crippen LogP contribution in [0.25, 0.3) is 0 Å². The van der Waals surface area contributed by atoms with Crippen LogP contribution in [0.2, 0.25) is 0 Å². The van der Waals surface area contributed by atoms with E-state index in [9.17, 15) is 0 Å². The molecule has 2 fully saturated rings. The summed E-state index contributed by atoms with van der Waals surface area (Å²) in [6.45, 7) is 9.38. The molecule has 0 aromatic rings. The summed E-state index contributed by atoms with van der Waals surface area (Å²) >= 11 is 2.18. The van der Waals surface area contributed by atoms with Crippen molar-refractivity contribution in [3.05, 3.63) is 0 Å². The van der Waals surface area contributed by atoms with Crippen LogP contribution in [-0.2, 0) is 0 Å². The smallest absolute Gasteiger partial charge is 0.0109 e. The van der Waals surface area contributed by atoms with E-state index in [1.807, 2.05) is 0 Å². The van der Waals surface area contributed by atoms with Crippen molar-refractivity contribution in [2.24, 2.45) is 0 Å². The van der Waals surface area contributed by atoms with E-state index in [-0.39, 0.29) is 0 Å². The van der Waals surface area contributed by atoms with Crippen LogP contribution in [0.1, 0.15) is 52.9 Å². The highest BCUT2D eigenvalue weighted by Crippen LogP contribution is 2.35. The molecule has 1 saturated carbocycles. The van der Waals surface area contributed by atoms with Gasteiger partial charge in [-0.25, -0.2) is 0 Å². The molecule has 0 amide bonds. The van der Waals surface area contributed by atoms with Gasteiger partial charge in [-0.1, -0.05) is 13.8 Å². The lowest BCUT2D eigenvalue weighted by Gasteiger charge is -2.41. The van der Waals surface area contributed by atoms with Crippen LogP contribution in [0.3, 0.4) is 0 Å². The maximum Gasteiger partial charge on any atom is 0.0109 e. The molecule has 4 atom stereocenters. The SMILES string of the molecule is CCNC1CCN(C2CCC(SCC)C2)C(C)C1. The van der Waals surface area contributed by atoms with Gasteiger partial charge in [-0.2, -0.15) is 11.8 Å². The minimum Gasteiger partial charge on any atom is -0.314 e. The van der Waals surface area contributed by atoms with Gasteiger partial charge in [0.05, 0.1) is 0 Å². The average Bonchev–Trinajstić information content (AvgIpc) is 2.78. The van der Waals surface area contributed by atoms with Gasteiger partial charge in [0.1, 0.15) is 0 Å². The van der Waals surface area contributed by atoms with Crippen molar-refractivity contribution >= 4 is 11.8 Å². The van der Waals surface area contributed by atoms with Crippen molar-refractivity contribution in [3.63, 3.8) is 0 Å². The summed E-state index contributed by atoms with van der Waals surface area (Å²) < 4.78 is 0. The summed E-state index contributed by atoms with van der Waals surface area (Å²) in [4.78, 5) is 2.81. The second kappa shape index (κ2) is 7.16. The molecule has 1 aliphatic heterocycles. The van der Waals surface area contributed by atoms with E-state index in [2.05, 4.69) is 42.7 Å². The zero-order valence-electron chi connectivity index (χ0n) is 12.3. The molecule has 1 aliphatic carbocycles. The Morgan fingerprint density at radius 2 is 2.00 bits per heavy atom. The normalized spacial score (nSPS) is 38.2. The van der Waals surface area contributed by atoms with E-state index in [4.69, 9.17) is 0 Å². The summed E-state index contributed by atoms with van der Waals surface area (Å²) in [5.41, 5.74) is 0. The van der Waals surface area contributed by atoms with E-state index in [0.717, 1.165) is 29.9 Å². The molecule has 0 bridgehead atoms. The molecular weight excluding hydrogens is 240 g/mol. The van der Waals surface area contributed by atoms with Crippen molar-refractivity contribution in [2.75, 3.05) is 18.8 Å². The first-order valence-corrected chi connectivity index (χ1v) is 8.90. The number of likely N-dealkylation sites (tertiary alicyclic amines) is 1. The Morgan fingerprint density at radius 1 is 1.17 bits per heavy atom. The fraction of sp³-hybridized carbons (Fsp3) is 1.00. The second-order valence-electron chi connectivity index (χ2n) is 5.91. The summed E-state index contributed by atoms with van der Waals surface area (Å²) in [5.74, 6) is 1.29. The predicted molar refractivity (Wildman–Crippen MR) is 82.4 cm³/mol. The van der Waals surface area contributed by atoms with Gasteiger partial charge in [0, 0.05) is 29.9 Å². The van der Waals surface area contributed by atoms with Crippen molar-refractivity contribution < 1.29 is 0 Å². The van der Waals surface area contributed by atoms with Crippen LogP contribution in [-0.4, -0.2) is 47.1 Å². The highest BCUT2D eigenvalue weighted by molar-refractivity contribution is 7.99. The number of nitrogens with one attached hydrogen (secondary N) is 1. The fourth-order valence-electron chi connectivity index (χ4n) is 3.81. The minimum atomic E-state index is 0.767. The van der Waals surface area contributed by atoms with Crippen molar-refractivity contribution in [1.82, 2.24) is 10.2 Å². The van der Waals surface area contributed by atoms with Gasteiger partial charge in [-0.3, -0.25) is 4.90 Å². The first kappa shape index (κ1) is 14.7. The standard InChI is InChI=1S/C15H30N2S/c1-4-16-13-8-9-17(12(3)10-13)14-6-7-15(11-14)18-5-2/h12-16H,4-11H2,1-3H3. The Kier molecular flexibility index (Phi) is 5.84. The molecule has 18 heavy (non-hydrogen) atoms. The Balaban J connectivity index is 1.80. The number of hydrogen-bond donors (Lipinski definition) is 1. The third kappa shape index (κ3) is 3.64. The number of hydrogen-bond acceptors (Lipinski definition) is 3. The first-order chi connectivity index (χ1) is 8.74. The lowest BCUT2D eigenvalue weighted by Crippen LogP contribution is -2.50. The maximum absolute atomic E-state index is 3.62. The number of piperidine rings is 1. The first-order valence-electron chi connectivity index (χ1n) is 7.85. The molecule has 2 rings (SSSR count). The Labute approximate surface area is 117 Å². The van der Waals surface area contributed by atoms with Crippen molar-refractivity contribution in [1.29, 1.82) is 0 Å². The monoisotopic (exact) mass is 270 g/mol. The van der Waals surface area contributed by atoms with Crippen molar-refractivity contribution in [3.8, 4) is 0 Å². The predicted octanol–water partition coefficient (Wildman–Crippen LogP) is 3.12. The number of rotatable bonds is 5. The molecule has 1 heterocycles. The lowest BCUT2D eigenvalue weighted by molar-refractivity contribution is 0.0908. The van der Waals surface area contributed by atoms with Crippen LogP contribution in [0, 0.1) is 0 Å². The molecule has 106 valence electrons.